The normalized spacial score (nSPS) is 10.7. The molecular weight excluding hydrogens is 380 g/mol. The van der Waals surface area contributed by atoms with Gasteiger partial charge in [0.25, 0.3) is 0 Å². The maximum absolute atomic E-state index is 8.96. The molecule has 8 heteroatoms. The van der Waals surface area contributed by atoms with Gasteiger partial charge in [0.2, 0.25) is 5.16 Å². The van der Waals surface area contributed by atoms with Crippen LogP contribution in [0.25, 0.3) is 10.6 Å². The molecule has 130 valence electrons. The highest BCUT2D eigenvalue weighted by molar-refractivity contribution is 8.08. The minimum atomic E-state index is 0.00437. The molecule has 0 aliphatic carbocycles. The van der Waals surface area contributed by atoms with Gasteiger partial charge in [-0.05, 0) is 64.2 Å². The van der Waals surface area contributed by atoms with Crippen molar-refractivity contribution in [3.8, 4) is 17.8 Å². The van der Waals surface area contributed by atoms with Crippen LogP contribution in [0.2, 0.25) is 5.02 Å². The van der Waals surface area contributed by atoms with Gasteiger partial charge in [0, 0.05) is 9.93 Å². The number of para-hydroxylation sites is 1. The van der Waals surface area contributed by atoms with E-state index in [9.17, 15) is 0 Å². The van der Waals surface area contributed by atoms with Crippen LogP contribution in [0.15, 0.2) is 77.5 Å². The molecule has 0 bridgehead atoms. The summed E-state index contributed by atoms with van der Waals surface area (Å²) < 4.78 is 1.62. The van der Waals surface area contributed by atoms with Crippen LogP contribution in [0.3, 0.4) is 0 Å². The first-order valence-electron chi connectivity index (χ1n) is 7.71. The molecule has 0 aliphatic rings. The Morgan fingerprint density at radius 2 is 1.70 bits per heavy atom. The lowest BCUT2D eigenvalue weighted by Gasteiger charge is -2.08. The van der Waals surface area contributed by atoms with Crippen LogP contribution in [-0.2, 0) is 0 Å². The number of hydrogen-bond acceptors (Lipinski definition) is 6. The molecule has 0 unspecified atom stereocenters. The summed E-state index contributed by atoms with van der Waals surface area (Å²) in [7, 11) is 0. The van der Waals surface area contributed by atoms with Crippen LogP contribution in [0.5, 0.6) is 0 Å². The zero-order valence-electron chi connectivity index (χ0n) is 13.8. The van der Waals surface area contributed by atoms with Crippen LogP contribution >= 0.6 is 23.4 Å². The summed E-state index contributed by atoms with van der Waals surface area (Å²) >= 11 is 7.30. The standard InChI is InChI=1S/C19H11ClN6S/c20-16-9-7-15(8-10-16)18(11-6-14(12-21)13-22)27-19-23-24-25-26(19)17-4-2-1-3-5-17/h1-11H/b18-11-. The highest BCUT2D eigenvalue weighted by atomic mass is 35.5. The molecule has 6 nitrogen and oxygen atoms in total. The Bertz CT molecular complexity index is 1060. The van der Waals surface area contributed by atoms with Crippen LogP contribution in [0.1, 0.15) is 5.56 Å². The number of aromatic nitrogens is 4. The Balaban J connectivity index is 2.01. The molecule has 2 aromatic carbocycles. The lowest BCUT2D eigenvalue weighted by molar-refractivity contribution is 0.757. The summed E-state index contributed by atoms with van der Waals surface area (Å²) in [5.74, 6) is 0. The quantitative estimate of drug-likeness (QED) is 0.363. The zero-order chi connectivity index (χ0) is 19.1. The molecule has 3 rings (SSSR count). The van der Waals surface area contributed by atoms with Gasteiger partial charge in [0.05, 0.1) is 5.69 Å². The van der Waals surface area contributed by atoms with Crippen molar-refractivity contribution in [3.05, 3.63) is 82.9 Å². The third-order valence-electron chi connectivity index (χ3n) is 3.41. The van der Waals surface area contributed by atoms with Crippen molar-refractivity contribution in [3.63, 3.8) is 0 Å². The minimum Gasteiger partial charge on any atom is -0.192 e. The van der Waals surface area contributed by atoms with Crippen molar-refractivity contribution in [2.45, 2.75) is 5.16 Å². The summed E-state index contributed by atoms with van der Waals surface area (Å²) in [6.45, 7) is 0. The van der Waals surface area contributed by atoms with E-state index in [4.69, 9.17) is 22.1 Å². The number of thioether (sulfide) groups is 1. The SMILES string of the molecule is N#CC(C#N)=C/C=C(\Sc1nnnn1-c1ccccc1)c1ccc(Cl)cc1. The number of benzene rings is 2. The van der Waals surface area contributed by atoms with Gasteiger partial charge in [-0.3, -0.25) is 0 Å². The summed E-state index contributed by atoms with van der Waals surface area (Å²) in [5.41, 5.74) is 1.69. The summed E-state index contributed by atoms with van der Waals surface area (Å²) in [6.07, 6.45) is 3.16. The predicted octanol–water partition coefficient (Wildman–Crippen LogP) is 4.42. The van der Waals surface area contributed by atoms with E-state index in [1.54, 1.807) is 22.9 Å². The Morgan fingerprint density at radius 3 is 2.37 bits per heavy atom. The number of allylic oxidation sites excluding steroid dienone is 3. The molecule has 0 atom stereocenters. The van der Waals surface area contributed by atoms with E-state index in [2.05, 4.69) is 15.5 Å². The van der Waals surface area contributed by atoms with E-state index in [1.165, 1.54) is 17.8 Å². The van der Waals surface area contributed by atoms with E-state index in [0.29, 0.717) is 10.2 Å². The Kier molecular flexibility index (Phi) is 6.01. The third-order valence-corrected chi connectivity index (χ3v) is 4.69. The fourth-order valence-corrected chi connectivity index (χ4v) is 3.15. The number of hydrogen-bond donors (Lipinski definition) is 0. The van der Waals surface area contributed by atoms with E-state index in [0.717, 1.165) is 16.2 Å². The number of nitrogens with zero attached hydrogens (tertiary/aromatic N) is 6. The highest BCUT2D eigenvalue weighted by Crippen LogP contribution is 2.34. The topological polar surface area (TPSA) is 91.2 Å². The Hall–Kier alpha value is -3.39. The van der Waals surface area contributed by atoms with Crippen LogP contribution < -0.4 is 0 Å². The van der Waals surface area contributed by atoms with E-state index in [1.807, 2.05) is 54.6 Å². The molecular formula is C19H11ClN6S. The second-order valence-corrected chi connectivity index (χ2v) is 6.60. The molecule has 3 aromatic rings. The molecule has 0 saturated carbocycles. The van der Waals surface area contributed by atoms with Crippen molar-refractivity contribution in [1.29, 1.82) is 10.5 Å². The van der Waals surface area contributed by atoms with E-state index < -0.39 is 0 Å². The maximum atomic E-state index is 8.96. The molecule has 1 aromatic heterocycles. The van der Waals surface area contributed by atoms with Crippen LogP contribution in [0.4, 0.5) is 0 Å². The van der Waals surface area contributed by atoms with Gasteiger partial charge in [0.15, 0.2) is 0 Å². The van der Waals surface area contributed by atoms with Gasteiger partial charge in [-0.25, -0.2) is 0 Å². The van der Waals surface area contributed by atoms with Crippen molar-refractivity contribution < 1.29 is 0 Å². The summed E-state index contributed by atoms with van der Waals surface area (Å²) in [6, 6.07) is 20.4. The second-order valence-electron chi connectivity index (χ2n) is 5.15. The molecule has 1 heterocycles. The zero-order valence-corrected chi connectivity index (χ0v) is 15.4. The largest absolute Gasteiger partial charge is 0.218 e. The van der Waals surface area contributed by atoms with Crippen molar-refractivity contribution in [2.24, 2.45) is 0 Å². The first-order valence-corrected chi connectivity index (χ1v) is 8.90. The van der Waals surface area contributed by atoms with Crippen molar-refractivity contribution in [1.82, 2.24) is 20.2 Å². The number of halogens is 1. The van der Waals surface area contributed by atoms with Gasteiger partial charge in [0.1, 0.15) is 17.7 Å². The van der Waals surface area contributed by atoms with Crippen LogP contribution in [0, 0.1) is 22.7 Å². The first kappa shape index (κ1) is 18.4. The van der Waals surface area contributed by atoms with Gasteiger partial charge in [-0.15, -0.1) is 5.10 Å². The number of tetrazole rings is 1. The smallest absolute Gasteiger partial charge is 0.192 e. The van der Waals surface area contributed by atoms with E-state index in [-0.39, 0.29) is 5.57 Å². The molecule has 0 aliphatic heterocycles. The Morgan fingerprint density at radius 1 is 1.00 bits per heavy atom. The van der Waals surface area contributed by atoms with Crippen molar-refractivity contribution >= 4 is 28.3 Å². The molecule has 0 saturated heterocycles. The summed E-state index contributed by atoms with van der Waals surface area (Å²) in [5, 5.41) is 31.0. The van der Waals surface area contributed by atoms with Gasteiger partial charge < -0.3 is 0 Å². The fourth-order valence-electron chi connectivity index (χ4n) is 2.13. The van der Waals surface area contributed by atoms with Crippen LogP contribution in [-0.4, -0.2) is 20.2 Å². The first-order chi connectivity index (χ1) is 13.2. The highest BCUT2D eigenvalue weighted by Gasteiger charge is 2.13. The summed E-state index contributed by atoms with van der Waals surface area (Å²) in [4.78, 5) is 0.765. The van der Waals surface area contributed by atoms with Gasteiger partial charge >= 0.3 is 0 Å². The van der Waals surface area contributed by atoms with Gasteiger partial charge in [-0.2, -0.15) is 15.2 Å². The number of rotatable bonds is 5. The third kappa shape index (κ3) is 4.62. The predicted molar refractivity (Wildman–Crippen MR) is 104 cm³/mol. The molecule has 0 fully saturated rings. The van der Waals surface area contributed by atoms with E-state index >= 15 is 0 Å². The minimum absolute atomic E-state index is 0.00437. The molecule has 27 heavy (non-hydrogen) atoms. The monoisotopic (exact) mass is 390 g/mol. The van der Waals surface area contributed by atoms with Crippen molar-refractivity contribution in [2.75, 3.05) is 0 Å². The molecule has 0 spiro atoms. The average molecular weight is 391 g/mol. The number of nitriles is 2. The van der Waals surface area contributed by atoms with Gasteiger partial charge in [-0.1, -0.05) is 41.9 Å². The molecule has 0 radical (unpaired) electrons. The molecule has 0 amide bonds. The lowest BCUT2D eigenvalue weighted by Crippen LogP contribution is -1.98. The Labute approximate surface area is 165 Å². The molecule has 0 N–H and O–H groups in total. The average Bonchev–Trinajstić information content (AvgIpc) is 3.17. The second kappa shape index (κ2) is 8.81. The maximum Gasteiger partial charge on any atom is 0.218 e. The lowest BCUT2D eigenvalue weighted by atomic mass is 10.2. The fraction of sp³-hybridized carbons (Fsp3) is 0.